The van der Waals surface area contributed by atoms with Crippen molar-refractivity contribution in [1.82, 2.24) is 0 Å². The minimum atomic E-state index is 0.568. The van der Waals surface area contributed by atoms with Crippen LogP contribution in [0.1, 0.15) is 36.5 Å². The third kappa shape index (κ3) is 7.84. The van der Waals surface area contributed by atoms with Gasteiger partial charge < -0.3 is 15.2 Å². The molecule has 32 heavy (non-hydrogen) atoms. The van der Waals surface area contributed by atoms with Gasteiger partial charge in [0.2, 0.25) is 0 Å². The number of nitrogen functional groups attached to an aromatic ring is 1. The maximum absolute atomic E-state index is 5.73. The van der Waals surface area contributed by atoms with Crippen molar-refractivity contribution in [3.05, 3.63) is 126 Å². The van der Waals surface area contributed by atoms with Crippen LogP contribution in [0.2, 0.25) is 0 Å². The van der Waals surface area contributed by atoms with Crippen LogP contribution in [0.25, 0.3) is 0 Å². The molecule has 4 aromatic rings. The molecule has 0 aromatic heterocycles. The maximum Gasteiger partial charge on any atom is 0.119 e. The first-order valence-electron chi connectivity index (χ1n) is 10.9. The molecule has 164 valence electrons. The molecule has 0 heterocycles. The van der Waals surface area contributed by atoms with E-state index in [0.29, 0.717) is 19.1 Å². The van der Waals surface area contributed by atoms with E-state index in [1.54, 1.807) is 0 Å². The third-order valence-electron chi connectivity index (χ3n) is 4.92. The van der Waals surface area contributed by atoms with E-state index in [-0.39, 0.29) is 0 Å². The van der Waals surface area contributed by atoms with Gasteiger partial charge in [-0.2, -0.15) is 0 Å². The Morgan fingerprint density at radius 1 is 0.562 bits per heavy atom. The fourth-order valence-corrected chi connectivity index (χ4v) is 2.99. The average Bonchev–Trinajstić information content (AvgIpc) is 2.84. The van der Waals surface area contributed by atoms with Crippen molar-refractivity contribution in [3.63, 3.8) is 0 Å². The first-order valence-corrected chi connectivity index (χ1v) is 10.9. The summed E-state index contributed by atoms with van der Waals surface area (Å²) in [5, 5.41) is 0. The molecule has 0 unspecified atom stereocenters. The lowest BCUT2D eigenvalue weighted by atomic mass is 10.0. The van der Waals surface area contributed by atoms with Crippen molar-refractivity contribution >= 4 is 5.69 Å². The van der Waals surface area contributed by atoms with E-state index in [2.05, 4.69) is 38.1 Å². The van der Waals surface area contributed by atoms with Gasteiger partial charge in [-0.15, -0.1) is 0 Å². The van der Waals surface area contributed by atoms with Crippen LogP contribution in [-0.2, 0) is 13.2 Å². The molecule has 4 rings (SSSR count). The van der Waals surface area contributed by atoms with Gasteiger partial charge in [0.25, 0.3) is 0 Å². The van der Waals surface area contributed by atoms with Gasteiger partial charge in [-0.25, -0.2) is 0 Å². The van der Waals surface area contributed by atoms with Gasteiger partial charge in [0.1, 0.15) is 24.7 Å². The summed E-state index contributed by atoms with van der Waals surface area (Å²) in [6.45, 7) is 5.60. The summed E-state index contributed by atoms with van der Waals surface area (Å²) in [5.41, 5.74) is 10.0. The second-order valence-electron chi connectivity index (χ2n) is 7.84. The first-order chi connectivity index (χ1) is 15.6. The highest BCUT2D eigenvalue weighted by Crippen LogP contribution is 2.19. The molecule has 0 aliphatic rings. The van der Waals surface area contributed by atoms with Gasteiger partial charge in [0.05, 0.1) is 0 Å². The van der Waals surface area contributed by atoms with Crippen LogP contribution in [0.5, 0.6) is 11.5 Å². The first kappa shape index (κ1) is 23.0. The molecule has 0 amide bonds. The van der Waals surface area contributed by atoms with Crippen molar-refractivity contribution in [2.45, 2.75) is 33.0 Å². The quantitative estimate of drug-likeness (QED) is 0.317. The van der Waals surface area contributed by atoms with Crippen LogP contribution in [0.4, 0.5) is 5.69 Å². The van der Waals surface area contributed by atoms with Gasteiger partial charge in [-0.1, -0.05) is 86.6 Å². The molecular weight excluding hydrogens is 394 g/mol. The highest BCUT2D eigenvalue weighted by Gasteiger charge is 2.00. The predicted octanol–water partition coefficient (Wildman–Crippen LogP) is 7.24. The normalized spacial score (nSPS) is 10.2. The smallest absolute Gasteiger partial charge is 0.119 e. The summed E-state index contributed by atoms with van der Waals surface area (Å²) in [4.78, 5) is 0. The second kappa shape index (κ2) is 12.2. The van der Waals surface area contributed by atoms with Crippen LogP contribution in [0, 0.1) is 0 Å². The number of benzene rings is 4. The molecule has 3 heteroatoms. The van der Waals surface area contributed by atoms with Crippen molar-refractivity contribution in [1.29, 1.82) is 0 Å². The van der Waals surface area contributed by atoms with Gasteiger partial charge in [0, 0.05) is 5.69 Å². The zero-order valence-electron chi connectivity index (χ0n) is 18.8. The van der Waals surface area contributed by atoms with Crippen molar-refractivity contribution in [2.24, 2.45) is 0 Å². The molecule has 4 aromatic carbocycles. The van der Waals surface area contributed by atoms with E-state index in [1.165, 1.54) is 11.1 Å². The summed E-state index contributed by atoms with van der Waals surface area (Å²) in [6.07, 6.45) is 0. The van der Waals surface area contributed by atoms with Crippen LogP contribution in [-0.4, -0.2) is 0 Å². The number of anilines is 1. The van der Waals surface area contributed by atoms with Crippen LogP contribution in [0.15, 0.2) is 109 Å². The van der Waals surface area contributed by atoms with Crippen LogP contribution < -0.4 is 15.2 Å². The lowest BCUT2D eigenvalue weighted by Gasteiger charge is -2.08. The molecule has 3 nitrogen and oxygen atoms in total. The van der Waals surface area contributed by atoms with Crippen LogP contribution in [0.3, 0.4) is 0 Å². The van der Waals surface area contributed by atoms with Crippen molar-refractivity contribution in [3.8, 4) is 11.5 Å². The highest BCUT2D eigenvalue weighted by atomic mass is 16.5. The van der Waals surface area contributed by atoms with Crippen molar-refractivity contribution in [2.75, 3.05) is 5.73 Å². The van der Waals surface area contributed by atoms with Gasteiger partial charge in [-0.05, 0) is 59.0 Å². The minimum absolute atomic E-state index is 0.568. The molecule has 2 N–H and O–H groups in total. The number of nitrogens with two attached hydrogens (primary N) is 1. The lowest BCUT2D eigenvalue weighted by Crippen LogP contribution is -1.95. The molecular formula is C29H31NO2. The van der Waals surface area contributed by atoms with Crippen molar-refractivity contribution < 1.29 is 9.47 Å². The van der Waals surface area contributed by atoms with E-state index in [1.807, 2.05) is 84.9 Å². The topological polar surface area (TPSA) is 44.5 Å². The molecule has 0 spiro atoms. The van der Waals surface area contributed by atoms with E-state index < -0.39 is 0 Å². The number of rotatable bonds is 7. The maximum atomic E-state index is 5.73. The zero-order chi connectivity index (χ0) is 22.6. The molecule has 0 saturated carbocycles. The number of hydrogen-bond acceptors (Lipinski definition) is 3. The zero-order valence-corrected chi connectivity index (χ0v) is 18.8. The standard InChI is InChI=1S/C16H18O.C13H13NO/c1-13(2)15-8-10-16(11-9-15)17-12-14-6-4-3-5-7-14;14-12-6-8-13(9-7-12)15-10-11-4-2-1-3-5-11/h3-11,13H,12H2,1-2H3;1-9H,10,14H2. The molecule has 0 aliphatic carbocycles. The fourth-order valence-electron chi connectivity index (χ4n) is 2.99. The highest BCUT2D eigenvalue weighted by molar-refractivity contribution is 5.41. The Morgan fingerprint density at radius 3 is 1.38 bits per heavy atom. The largest absolute Gasteiger partial charge is 0.489 e. The SMILES string of the molecule is CC(C)c1ccc(OCc2ccccc2)cc1.Nc1ccc(OCc2ccccc2)cc1. The molecule has 0 radical (unpaired) electrons. The Balaban J connectivity index is 0.000000182. The van der Waals surface area contributed by atoms with E-state index in [9.17, 15) is 0 Å². The Kier molecular flexibility index (Phi) is 8.76. The summed E-state index contributed by atoms with van der Waals surface area (Å²) >= 11 is 0. The Bertz CT molecular complexity index is 1030. The van der Waals surface area contributed by atoms with E-state index in [0.717, 1.165) is 22.7 Å². The fraction of sp³-hybridized carbons (Fsp3) is 0.172. The molecule has 0 atom stereocenters. The monoisotopic (exact) mass is 425 g/mol. The molecule has 0 aliphatic heterocycles. The lowest BCUT2D eigenvalue weighted by molar-refractivity contribution is 0.306. The number of ether oxygens (including phenoxy) is 2. The molecule has 0 fully saturated rings. The van der Waals surface area contributed by atoms with Crippen LogP contribution >= 0.6 is 0 Å². The summed E-state index contributed by atoms with van der Waals surface area (Å²) in [7, 11) is 0. The summed E-state index contributed by atoms with van der Waals surface area (Å²) in [5.74, 6) is 2.34. The summed E-state index contributed by atoms with van der Waals surface area (Å²) in [6, 6.07) is 36.0. The average molecular weight is 426 g/mol. The Morgan fingerprint density at radius 2 is 0.969 bits per heavy atom. The second-order valence-corrected chi connectivity index (χ2v) is 7.84. The van der Waals surface area contributed by atoms with E-state index in [4.69, 9.17) is 15.2 Å². The predicted molar refractivity (Wildman–Crippen MR) is 133 cm³/mol. The van der Waals surface area contributed by atoms with Gasteiger partial charge >= 0.3 is 0 Å². The summed E-state index contributed by atoms with van der Waals surface area (Å²) < 4.78 is 11.3. The third-order valence-corrected chi connectivity index (χ3v) is 4.92. The Hall–Kier alpha value is -3.72. The Labute approximate surface area is 191 Å². The minimum Gasteiger partial charge on any atom is -0.489 e. The van der Waals surface area contributed by atoms with E-state index >= 15 is 0 Å². The van der Waals surface area contributed by atoms with Gasteiger partial charge in [0.15, 0.2) is 0 Å². The van der Waals surface area contributed by atoms with Gasteiger partial charge in [-0.3, -0.25) is 0 Å². The molecule has 0 bridgehead atoms. The molecule has 0 saturated heterocycles. The number of hydrogen-bond donors (Lipinski definition) is 1.